The van der Waals surface area contributed by atoms with Gasteiger partial charge >= 0.3 is 0 Å². The quantitative estimate of drug-likeness (QED) is 0.772. The Labute approximate surface area is 112 Å². The van der Waals surface area contributed by atoms with E-state index in [1.807, 2.05) is 0 Å². The van der Waals surface area contributed by atoms with Crippen molar-refractivity contribution in [3.05, 3.63) is 35.4 Å². The zero-order valence-corrected chi connectivity index (χ0v) is 10.9. The minimum absolute atomic E-state index is 0.346. The molecule has 1 unspecified atom stereocenters. The fourth-order valence-corrected chi connectivity index (χ4v) is 2.32. The number of aliphatic hydroxyl groups is 1. The molecule has 106 valence electrons. The van der Waals surface area contributed by atoms with Gasteiger partial charge in [-0.1, -0.05) is 6.07 Å². The molecule has 0 aliphatic carbocycles. The molecule has 0 spiro atoms. The number of nitrogens with one attached hydrogen (secondary N) is 1. The highest BCUT2D eigenvalue weighted by Crippen LogP contribution is 2.15. The summed E-state index contributed by atoms with van der Waals surface area (Å²) < 4.78 is 25.8. The molecule has 1 aromatic carbocycles. The van der Waals surface area contributed by atoms with Crippen LogP contribution in [-0.2, 0) is 0 Å². The first-order valence-electron chi connectivity index (χ1n) is 6.73. The molecule has 5 heteroatoms. The minimum atomic E-state index is -0.923. The highest BCUT2D eigenvalue weighted by Gasteiger charge is 2.12. The highest BCUT2D eigenvalue weighted by atomic mass is 19.2. The third-order valence-corrected chi connectivity index (χ3v) is 3.47. The molecular formula is C14H20F2N2O. The van der Waals surface area contributed by atoms with Crippen LogP contribution in [0.25, 0.3) is 0 Å². The highest BCUT2D eigenvalue weighted by molar-refractivity contribution is 5.20. The maximum Gasteiger partial charge on any atom is 0.159 e. The molecule has 1 heterocycles. The van der Waals surface area contributed by atoms with E-state index in [4.69, 9.17) is 0 Å². The van der Waals surface area contributed by atoms with Crippen molar-refractivity contribution in [1.82, 2.24) is 10.2 Å². The zero-order valence-electron chi connectivity index (χ0n) is 10.9. The van der Waals surface area contributed by atoms with Crippen molar-refractivity contribution in [3.8, 4) is 0 Å². The van der Waals surface area contributed by atoms with E-state index in [-0.39, 0.29) is 0 Å². The summed E-state index contributed by atoms with van der Waals surface area (Å²) in [6, 6.07) is 3.49. The number of likely N-dealkylation sites (tertiary alicyclic amines) is 1. The van der Waals surface area contributed by atoms with E-state index in [0.29, 0.717) is 12.1 Å². The monoisotopic (exact) mass is 270 g/mol. The van der Waals surface area contributed by atoms with Crippen LogP contribution in [0.3, 0.4) is 0 Å². The van der Waals surface area contributed by atoms with Gasteiger partial charge in [-0.2, -0.15) is 0 Å². The molecule has 2 rings (SSSR count). The molecule has 1 aliphatic rings. The molecule has 0 radical (unpaired) electrons. The number of hydrogen-bond acceptors (Lipinski definition) is 3. The van der Waals surface area contributed by atoms with E-state index in [9.17, 15) is 13.9 Å². The van der Waals surface area contributed by atoms with Crippen LogP contribution in [0.4, 0.5) is 8.78 Å². The second-order valence-electron chi connectivity index (χ2n) is 4.94. The average Bonchev–Trinajstić information content (AvgIpc) is 2.91. The lowest BCUT2D eigenvalue weighted by atomic mass is 10.1. The van der Waals surface area contributed by atoms with E-state index >= 15 is 0 Å². The van der Waals surface area contributed by atoms with Crippen LogP contribution in [0, 0.1) is 11.6 Å². The van der Waals surface area contributed by atoms with Gasteiger partial charge in [-0.05, 0) is 43.6 Å². The molecule has 0 saturated carbocycles. The second kappa shape index (κ2) is 6.93. The maximum atomic E-state index is 13.0. The normalized spacial score (nSPS) is 17.8. The van der Waals surface area contributed by atoms with E-state index in [2.05, 4.69) is 10.2 Å². The Morgan fingerprint density at radius 2 is 1.95 bits per heavy atom. The fourth-order valence-electron chi connectivity index (χ4n) is 2.32. The van der Waals surface area contributed by atoms with Gasteiger partial charge in [0.25, 0.3) is 0 Å². The molecule has 19 heavy (non-hydrogen) atoms. The van der Waals surface area contributed by atoms with Gasteiger partial charge in [0.1, 0.15) is 0 Å². The molecule has 2 N–H and O–H groups in total. The van der Waals surface area contributed by atoms with Crippen LogP contribution in [0.1, 0.15) is 24.5 Å². The number of halogens is 2. The lowest BCUT2D eigenvalue weighted by molar-refractivity contribution is 0.172. The van der Waals surface area contributed by atoms with Crippen molar-refractivity contribution >= 4 is 0 Å². The first-order valence-corrected chi connectivity index (χ1v) is 6.73. The van der Waals surface area contributed by atoms with Crippen LogP contribution < -0.4 is 5.32 Å². The van der Waals surface area contributed by atoms with Gasteiger partial charge in [0.2, 0.25) is 0 Å². The van der Waals surface area contributed by atoms with Crippen molar-refractivity contribution in [2.45, 2.75) is 18.9 Å². The van der Waals surface area contributed by atoms with Crippen molar-refractivity contribution in [1.29, 1.82) is 0 Å². The number of rotatable bonds is 6. The number of aliphatic hydroxyl groups excluding tert-OH is 1. The molecule has 0 amide bonds. The van der Waals surface area contributed by atoms with Gasteiger partial charge in [0, 0.05) is 19.6 Å². The summed E-state index contributed by atoms with van der Waals surface area (Å²) in [5.41, 5.74) is 0.396. The fraction of sp³-hybridized carbons (Fsp3) is 0.571. The maximum absolute atomic E-state index is 13.0. The largest absolute Gasteiger partial charge is 0.387 e. The SMILES string of the molecule is OC(CNCCN1CCCC1)c1ccc(F)c(F)c1. The molecule has 1 fully saturated rings. The van der Waals surface area contributed by atoms with Gasteiger partial charge in [-0.25, -0.2) is 8.78 Å². The lowest BCUT2D eigenvalue weighted by Crippen LogP contribution is -2.32. The number of nitrogens with zero attached hydrogens (tertiary/aromatic N) is 1. The zero-order chi connectivity index (χ0) is 13.7. The number of hydrogen-bond donors (Lipinski definition) is 2. The van der Waals surface area contributed by atoms with Crippen LogP contribution in [-0.4, -0.2) is 42.7 Å². The van der Waals surface area contributed by atoms with Gasteiger partial charge in [-0.3, -0.25) is 0 Å². The van der Waals surface area contributed by atoms with Crippen molar-refractivity contribution in [3.63, 3.8) is 0 Å². The van der Waals surface area contributed by atoms with Gasteiger partial charge in [0.05, 0.1) is 6.10 Å². The predicted molar refractivity (Wildman–Crippen MR) is 69.9 cm³/mol. The van der Waals surface area contributed by atoms with Crippen LogP contribution in [0.5, 0.6) is 0 Å². The first kappa shape index (κ1) is 14.4. The molecule has 0 aromatic heterocycles. The molecule has 1 aliphatic heterocycles. The molecule has 0 bridgehead atoms. The lowest BCUT2D eigenvalue weighted by Gasteiger charge is -2.16. The van der Waals surface area contributed by atoms with Gasteiger partial charge in [0.15, 0.2) is 11.6 Å². The summed E-state index contributed by atoms with van der Waals surface area (Å²) in [6.45, 7) is 4.39. The van der Waals surface area contributed by atoms with E-state index in [1.165, 1.54) is 18.9 Å². The predicted octanol–water partition coefficient (Wildman–Crippen LogP) is 1.68. The first-order chi connectivity index (χ1) is 9.16. The Hall–Kier alpha value is -1.04. The summed E-state index contributed by atoms with van der Waals surface area (Å²) >= 11 is 0. The summed E-state index contributed by atoms with van der Waals surface area (Å²) in [4.78, 5) is 2.37. The minimum Gasteiger partial charge on any atom is -0.387 e. The van der Waals surface area contributed by atoms with Gasteiger partial charge < -0.3 is 15.3 Å². The van der Waals surface area contributed by atoms with Crippen LogP contribution >= 0.6 is 0 Å². The third kappa shape index (κ3) is 4.23. The molecule has 1 atom stereocenters. The van der Waals surface area contributed by atoms with Gasteiger partial charge in [-0.15, -0.1) is 0 Å². The Kier molecular flexibility index (Phi) is 5.24. The summed E-state index contributed by atoms with van der Waals surface area (Å²) in [5.74, 6) is -1.81. The Morgan fingerprint density at radius 3 is 2.63 bits per heavy atom. The molecular weight excluding hydrogens is 250 g/mol. The van der Waals surface area contributed by atoms with Crippen LogP contribution in [0.2, 0.25) is 0 Å². The molecule has 1 aromatic rings. The summed E-state index contributed by atoms with van der Waals surface area (Å²) in [5, 5.41) is 13.0. The Balaban J connectivity index is 1.71. The average molecular weight is 270 g/mol. The number of benzene rings is 1. The van der Waals surface area contributed by atoms with E-state index in [0.717, 1.165) is 38.3 Å². The summed E-state index contributed by atoms with van der Waals surface area (Å²) in [7, 11) is 0. The molecule has 1 saturated heterocycles. The van der Waals surface area contributed by atoms with Crippen LogP contribution in [0.15, 0.2) is 18.2 Å². The van der Waals surface area contributed by atoms with Crippen molar-refractivity contribution < 1.29 is 13.9 Å². The van der Waals surface area contributed by atoms with Crippen molar-refractivity contribution in [2.75, 3.05) is 32.7 Å². The van der Waals surface area contributed by atoms with Crippen molar-refractivity contribution in [2.24, 2.45) is 0 Å². The van der Waals surface area contributed by atoms with E-state index in [1.54, 1.807) is 0 Å². The van der Waals surface area contributed by atoms with E-state index < -0.39 is 17.7 Å². The molecule has 3 nitrogen and oxygen atoms in total. The third-order valence-electron chi connectivity index (χ3n) is 3.47. The topological polar surface area (TPSA) is 35.5 Å². The second-order valence-corrected chi connectivity index (χ2v) is 4.94. The standard InChI is InChI=1S/C14H20F2N2O/c15-12-4-3-11(9-13(12)16)14(19)10-17-5-8-18-6-1-2-7-18/h3-4,9,14,17,19H,1-2,5-8,10H2. The smallest absolute Gasteiger partial charge is 0.159 e. The summed E-state index contributed by atoms with van der Waals surface area (Å²) in [6.07, 6.45) is 1.71. The Bertz CT molecular complexity index is 408. The Morgan fingerprint density at radius 1 is 1.21 bits per heavy atom.